The molecular formula is C59H55N5O10. The number of benzene rings is 6. The molecule has 0 bridgehead atoms. The summed E-state index contributed by atoms with van der Waals surface area (Å²) in [6, 6.07) is 38.9. The number of esters is 2. The van der Waals surface area contributed by atoms with Crippen LogP contribution in [-0.2, 0) is 38.8 Å². The van der Waals surface area contributed by atoms with Crippen molar-refractivity contribution in [2.45, 2.75) is 49.5 Å². The van der Waals surface area contributed by atoms with E-state index in [4.69, 9.17) is 18.9 Å². The molecule has 4 aliphatic heterocycles. The number of anilines is 3. The lowest BCUT2D eigenvalue weighted by atomic mass is 9.65. The van der Waals surface area contributed by atoms with Gasteiger partial charge in [-0.25, -0.2) is 14.5 Å². The van der Waals surface area contributed by atoms with Gasteiger partial charge in [0.05, 0.1) is 51.1 Å². The molecule has 15 nitrogen and oxygen atoms in total. The number of fused-ring (bicyclic) bond motifs is 3. The number of phenols is 1. The number of aromatic hydroxyl groups is 1. The van der Waals surface area contributed by atoms with Gasteiger partial charge in [0.2, 0.25) is 11.8 Å². The van der Waals surface area contributed by atoms with Gasteiger partial charge in [-0.2, -0.15) is 0 Å². The Bertz CT molecular complexity index is 3140. The van der Waals surface area contributed by atoms with Crippen LogP contribution in [0.25, 0.3) is 0 Å². The molecule has 0 radical (unpaired) electrons. The molecule has 7 atom stereocenters. The van der Waals surface area contributed by atoms with E-state index in [1.54, 1.807) is 75.6 Å². The number of morpholine rings is 2. The Balaban J connectivity index is 1.24. The fourth-order valence-electron chi connectivity index (χ4n) is 11.1. The van der Waals surface area contributed by atoms with Crippen molar-refractivity contribution in [1.82, 2.24) is 10.2 Å². The average molecular weight is 994 g/mol. The highest BCUT2D eigenvalue weighted by Gasteiger charge is 2.75. The number of ether oxygens (including phenoxy) is 4. The number of carbonyl (C=O) groups is 5. The van der Waals surface area contributed by atoms with Gasteiger partial charge in [0, 0.05) is 35.6 Å². The Morgan fingerprint density at radius 2 is 1.38 bits per heavy atom. The van der Waals surface area contributed by atoms with E-state index >= 15 is 19.2 Å². The van der Waals surface area contributed by atoms with Crippen LogP contribution in [0.4, 0.5) is 21.9 Å². The van der Waals surface area contributed by atoms with E-state index in [1.807, 2.05) is 89.8 Å². The van der Waals surface area contributed by atoms with Crippen molar-refractivity contribution in [2.24, 2.45) is 11.8 Å². The van der Waals surface area contributed by atoms with E-state index in [0.29, 0.717) is 60.0 Å². The van der Waals surface area contributed by atoms with E-state index in [9.17, 15) is 9.90 Å². The first-order chi connectivity index (χ1) is 35.9. The first-order valence-electron chi connectivity index (χ1n) is 24.6. The number of hydrogen-bond acceptors (Lipinski definition) is 12. The number of methoxy groups -OCH3 is 2. The van der Waals surface area contributed by atoms with Crippen molar-refractivity contribution in [1.29, 1.82) is 0 Å². The van der Waals surface area contributed by atoms with Crippen LogP contribution in [-0.4, -0.2) is 92.4 Å². The topological polar surface area (TPSA) is 176 Å². The van der Waals surface area contributed by atoms with Gasteiger partial charge in [-0.3, -0.25) is 19.3 Å². The van der Waals surface area contributed by atoms with E-state index < -0.39 is 77.3 Å². The molecule has 0 saturated carbocycles. The standard InChI is InChI=1S/C59H55N5O10/c1-36(2)49(55(67)72-4)61-58(70)63-47-30-19-38(16-15-37-17-28-45(71-3)29-18-37)35-46(47)59(57(63)69)48(54(66)60-42-22-24-43(25-23-42)62-31-33-73-34-32-62)51-56(68)74-52(40-13-9-6-10-14-40)50(39-11-7-5-8-12-39)64(51)53(59)41-20-26-44(65)27-21-41/h5-14,17-30,35-36,48-53,65H,31-34H2,1-4H3,(H,60,66)(H,61,70)/t48-,49+,50-,51-,52+,53+,59-/m1/s1. The highest BCUT2D eigenvalue weighted by molar-refractivity contribution is 6.25. The normalized spacial score (nSPS) is 22.5. The number of rotatable bonds is 10. The van der Waals surface area contributed by atoms with Gasteiger partial charge in [0.25, 0.3) is 0 Å². The highest BCUT2D eigenvalue weighted by Crippen LogP contribution is 2.66. The van der Waals surface area contributed by atoms with E-state index in [1.165, 1.54) is 19.2 Å². The Morgan fingerprint density at radius 3 is 2.01 bits per heavy atom. The maximum atomic E-state index is 16.7. The summed E-state index contributed by atoms with van der Waals surface area (Å²) in [6.45, 7) is 6.01. The Morgan fingerprint density at radius 1 is 0.743 bits per heavy atom. The van der Waals surface area contributed by atoms with Gasteiger partial charge in [-0.05, 0) is 107 Å². The fourth-order valence-corrected chi connectivity index (χ4v) is 11.1. The maximum Gasteiger partial charge on any atom is 0.329 e. The molecule has 4 heterocycles. The lowest BCUT2D eigenvalue weighted by Gasteiger charge is -2.46. The van der Waals surface area contributed by atoms with Gasteiger partial charge in [0.15, 0.2) is 0 Å². The number of cyclic esters (lactones) is 1. The zero-order valence-corrected chi connectivity index (χ0v) is 41.3. The molecular weight excluding hydrogens is 939 g/mol. The minimum atomic E-state index is -2.14. The van der Waals surface area contributed by atoms with Crippen molar-refractivity contribution in [3.8, 4) is 23.3 Å². The van der Waals surface area contributed by atoms with Crippen LogP contribution in [0.1, 0.15) is 65.4 Å². The molecule has 1 spiro atoms. The monoisotopic (exact) mass is 993 g/mol. The predicted octanol–water partition coefficient (Wildman–Crippen LogP) is 7.85. The lowest BCUT2D eigenvalue weighted by molar-refractivity contribution is -0.177. The molecule has 74 heavy (non-hydrogen) atoms. The van der Waals surface area contributed by atoms with E-state index in [2.05, 4.69) is 27.4 Å². The summed E-state index contributed by atoms with van der Waals surface area (Å²) in [4.78, 5) is 81.8. The molecule has 0 unspecified atom stereocenters. The van der Waals surface area contributed by atoms with Gasteiger partial charge < -0.3 is 39.6 Å². The number of hydrogen-bond donors (Lipinski definition) is 3. The summed E-state index contributed by atoms with van der Waals surface area (Å²) < 4.78 is 22.7. The first-order valence-corrected chi connectivity index (χ1v) is 24.6. The molecule has 6 aromatic rings. The number of carbonyl (C=O) groups excluding carboxylic acids is 5. The van der Waals surface area contributed by atoms with Crippen molar-refractivity contribution >= 4 is 46.8 Å². The summed E-state index contributed by atoms with van der Waals surface area (Å²) in [7, 11) is 2.79. The van der Waals surface area contributed by atoms with Gasteiger partial charge in [-0.15, -0.1) is 0 Å². The number of imide groups is 1. The summed E-state index contributed by atoms with van der Waals surface area (Å²) in [5.74, 6) is 1.90. The molecule has 3 fully saturated rings. The third-order valence-electron chi connectivity index (χ3n) is 14.5. The molecule has 4 amide bonds. The maximum absolute atomic E-state index is 16.7. The average Bonchev–Trinajstić information content (AvgIpc) is 3.96. The van der Waals surface area contributed by atoms with Gasteiger partial charge in [0.1, 0.15) is 35.1 Å². The lowest BCUT2D eigenvalue weighted by Crippen LogP contribution is -2.57. The SMILES string of the molecule is COC(=O)[C@@H](NC(=O)N1C(=O)[C@@]2(c3cc(C#Cc4ccc(OC)cc4)ccc31)[C@H](c1ccc(O)cc1)N1[C@H](c3ccccc3)[C@H](c3ccccc3)OC(=O)[C@H]1[C@@H]2C(=O)Nc1ccc(N2CCOCC2)cc1)C(C)C. The van der Waals surface area contributed by atoms with E-state index in [0.717, 1.165) is 16.2 Å². The van der Waals surface area contributed by atoms with Crippen LogP contribution in [0.15, 0.2) is 152 Å². The molecule has 376 valence electrons. The number of phenolic OH excluding ortho intramolecular Hbond substituents is 1. The molecule has 0 aromatic heterocycles. The van der Waals surface area contributed by atoms with Crippen LogP contribution >= 0.6 is 0 Å². The Kier molecular flexibility index (Phi) is 13.7. The molecule has 3 saturated heterocycles. The van der Waals surface area contributed by atoms with Crippen LogP contribution in [0.5, 0.6) is 11.5 Å². The number of nitrogens with one attached hydrogen (secondary N) is 2. The summed E-state index contributed by atoms with van der Waals surface area (Å²) in [5.41, 5.74) is 2.44. The van der Waals surface area contributed by atoms with Gasteiger partial charge in [-0.1, -0.05) is 98.5 Å². The molecule has 10 rings (SSSR count). The summed E-state index contributed by atoms with van der Waals surface area (Å²) in [5, 5.41) is 16.7. The predicted molar refractivity (Wildman–Crippen MR) is 276 cm³/mol. The third-order valence-corrected chi connectivity index (χ3v) is 14.5. The van der Waals surface area contributed by atoms with E-state index in [-0.39, 0.29) is 17.0 Å². The second kappa shape index (κ2) is 20.6. The number of urea groups is 1. The van der Waals surface area contributed by atoms with Gasteiger partial charge >= 0.3 is 18.0 Å². The van der Waals surface area contributed by atoms with Crippen LogP contribution < -0.4 is 25.2 Å². The Hall–Kier alpha value is -8.45. The summed E-state index contributed by atoms with van der Waals surface area (Å²) in [6.07, 6.45) is -0.961. The van der Waals surface area contributed by atoms with Crippen molar-refractivity contribution < 1.29 is 48.0 Å². The zero-order valence-electron chi connectivity index (χ0n) is 41.3. The second-order valence-electron chi connectivity index (χ2n) is 19.0. The second-order valence-corrected chi connectivity index (χ2v) is 19.0. The first kappa shape index (κ1) is 49.1. The minimum Gasteiger partial charge on any atom is -0.508 e. The highest BCUT2D eigenvalue weighted by atomic mass is 16.6. The van der Waals surface area contributed by atoms with Crippen LogP contribution in [0.3, 0.4) is 0 Å². The largest absolute Gasteiger partial charge is 0.508 e. The van der Waals surface area contributed by atoms with Crippen molar-refractivity contribution in [3.05, 3.63) is 185 Å². The smallest absolute Gasteiger partial charge is 0.329 e. The zero-order chi connectivity index (χ0) is 51.7. The third kappa shape index (κ3) is 8.86. The number of amides is 4. The Labute approximate surface area is 429 Å². The van der Waals surface area contributed by atoms with Crippen molar-refractivity contribution in [3.63, 3.8) is 0 Å². The molecule has 3 N–H and O–H groups in total. The van der Waals surface area contributed by atoms with Crippen molar-refractivity contribution in [2.75, 3.05) is 55.6 Å². The molecule has 15 heteroatoms. The molecule has 4 aliphatic rings. The molecule has 0 aliphatic carbocycles. The van der Waals surface area contributed by atoms with Crippen LogP contribution in [0, 0.1) is 23.7 Å². The fraction of sp³-hybridized carbons (Fsp3) is 0.271. The van der Waals surface area contributed by atoms with Crippen LogP contribution in [0.2, 0.25) is 0 Å². The summed E-state index contributed by atoms with van der Waals surface area (Å²) >= 11 is 0. The number of nitrogens with zero attached hydrogens (tertiary/aromatic N) is 3. The quantitative estimate of drug-likeness (QED) is 0.0897. The molecule has 6 aromatic carbocycles. The minimum absolute atomic E-state index is 0.0650.